The zero-order valence-corrected chi connectivity index (χ0v) is 13.2. The van der Waals surface area contributed by atoms with Crippen LogP contribution in [0.25, 0.3) is 0 Å². The smallest absolute Gasteiger partial charge is 0.504 e. The average molecular weight is 337 g/mol. The second-order valence-electron chi connectivity index (χ2n) is 5.29. The topological polar surface area (TPSA) is 69.6 Å². The average Bonchev–Trinajstić information content (AvgIpc) is 2.75. The van der Waals surface area contributed by atoms with Crippen LogP contribution in [0.15, 0.2) is 35.2 Å². The van der Waals surface area contributed by atoms with Crippen molar-refractivity contribution in [3.63, 3.8) is 0 Å². The van der Waals surface area contributed by atoms with Gasteiger partial charge in [0.2, 0.25) is 0 Å². The van der Waals surface area contributed by atoms with Crippen LogP contribution in [0.3, 0.4) is 0 Å². The molecule has 1 atom stereocenters. The number of phenols is 2. The Labute approximate surface area is 137 Å². The van der Waals surface area contributed by atoms with Crippen molar-refractivity contribution < 1.29 is 14.4 Å². The van der Waals surface area contributed by atoms with Crippen LogP contribution in [-0.2, 0) is 22.3 Å². The molecule has 0 saturated carbocycles. The lowest BCUT2D eigenvalue weighted by molar-refractivity contribution is 0.402. The molecule has 3 N–H and O–H groups in total. The summed E-state index contributed by atoms with van der Waals surface area (Å²) in [6, 6.07) is 9.00. The van der Waals surface area contributed by atoms with Crippen LogP contribution in [-0.4, -0.2) is 23.3 Å². The predicted molar refractivity (Wildman–Crippen MR) is 86.0 cm³/mol. The summed E-state index contributed by atoms with van der Waals surface area (Å²) >= 11 is 6.67. The Hall–Kier alpha value is -1.69. The van der Waals surface area contributed by atoms with Crippen LogP contribution in [0.1, 0.15) is 22.6 Å². The summed E-state index contributed by atoms with van der Waals surface area (Å²) in [5, 5.41) is 23.3. The number of aromatic hydroxyl groups is 2. The van der Waals surface area contributed by atoms with Gasteiger partial charge in [0, 0.05) is 28.8 Å². The Kier molecular flexibility index (Phi) is 4.29. The number of fused-ring (bicyclic) bond motifs is 1. The normalized spacial score (nSPS) is 17.6. The van der Waals surface area contributed by atoms with Crippen LogP contribution >= 0.6 is 11.6 Å². The van der Waals surface area contributed by atoms with Crippen LogP contribution in [0.4, 0.5) is 0 Å². The van der Waals surface area contributed by atoms with Crippen molar-refractivity contribution in [3.05, 3.63) is 52.0 Å². The maximum Gasteiger partial charge on any atom is 0.505 e. The van der Waals surface area contributed by atoms with E-state index < -0.39 is 0 Å². The van der Waals surface area contributed by atoms with E-state index in [1.54, 1.807) is 18.2 Å². The Bertz CT molecular complexity index is 718. The summed E-state index contributed by atoms with van der Waals surface area (Å²) < 4.78 is 10.8. The standard InChI is InChI=1S/C16H14ClNO3S/c17-15-11-5-6-18-8-13(12(11)7-14(19)16(15)20)9-1-3-10(22-21)4-2-9/h1-4,7,13,18H,5-6,8H2,(H-,19,20)/p+1. The Morgan fingerprint density at radius 1 is 1.23 bits per heavy atom. The van der Waals surface area contributed by atoms with E-state index in [1.807, 2.05) is 12.1 Å². The minimum absolute atomic E-state index is 0.00667. The highest BCUT2D eigenvalue weighted by atomic mass is 35.5. The fourth-order valence-electron chi connectivity index (χ4n) is 2.87. The van der Waals surface area contributed by atoms with E-state index >= 15 is 0 Å². The van der Waals surface area contributed by atoms with Gasteiger partial charge in [-0.15, -0.1) is 0 Å². The van der Waals surface area contributed by atoms with Gasteiger partial charge >= 0.3 is 11.7 Å². The molecule has 0 saturated heterocycles. The van der Waals surface area contributed by atoms with E-state index in [0.29, 0.717) is 29.5 Å². The highest BCUT2D eigenvalue weighted by molar-refractivity contribution is 7.65. The van der Waals surface area contributed by atoms with Crippen LogP contribution in [0, 0.1) is 0 Å². The van der Waals surface area contributed by atoms with Gasteiger partial charge in [-0.25, -0.2) is 0 Å². The van der Waals surface area contributed by atoms with Gasteiger partial charge in [0.1, 0.15) is 0 Å². The molecule has 3 rings (SSSR count). The molecule has 0 aliphatic carbocycles. The molecule has 0 aromatic heterocycles. The first kappa shape index (κ1) is 15.2. The quantitative estimate of drug-likeness (QED) is 0.582. The molecule has 6 heteroatoms. The Morgan fingerprint density at radius 2 is 1.95 bits per heavy atom. The lowest BCUT2D eigenvalue weighted by atomic mass is 9.87. The zero-order chi connectivity index (χ0) is 15.7. The highest BCUT2D eigenvalue weighted by Crippen LogP contribution is 2.42. The summed E-state index contributed by atoms with van der Waals surface area (Å²) in [7, 11) is 0. The largest absolute Gasteiger partial charge is 0.505 e. The van der Waals surface area contributed by atoms with Crippen molar-refractivity contribution in [2.45, 2.75) is 17.2 Å². The van der Waals surface area contributed by atoms with Crippen molar-refractivity contribution in [3.8, 4) is 11.5 Å². The molecule has 1 aliphatic heterocycles. The molecule has 22 heavy (non-hydrogen) atoms. The van der Waals surface area contributed by atoms with Crippen LogP contribution < -0.4 is 5.32 Å². The summed E-state index contributed by atoms with van der Waals surface area (Å²) in [5.41, 5.74) is 2.80. The third kappa shape index (κ3) is 2.67. The van der Waals surface area contributed by atoms with Crippen molar-refractivity contribution in [2.75, 3.05) is 13.1 Å². The van der Waals surface area contributed by atoms with Gasteiger partial charge in [-0.05, 0) is 35.7 Å². The van der Waals surface area contributed by atoms with Gasteiger partial charge in [-0.1, -0.05) is 23.7 Å². The number of nitrogens with one attached hydrogen (secondary N) is 1. The second-order valence-corrected chi connectivity index (χ2v) is 6.30. The van der Waals surface area contributed by atoms with Crippen molar-refractivity contribution in [1.82, 2.24) is 5.32 Å². The van der Waals surface area contributed by atoms with E-state index in [1.165, 1.54) is 0 Å². The third-order valence-electron chi connectivity index (χ3n) is 4.01. The van der Waals surface area contributed by atoms with Crippen LogP contribution in [0.2, 0.25) is 5.02 Å². The molecule has 1 heterocycles. The zero-order valence-electron chi connectivity index (χ0n) is 11.7. The fourth-order valence-corrected chi connectivity index (χ4v) is 3.42. The summed E-state index contributed by atoms with van der Waals surface area (Å²) in [4.78, 5) is 0.664. The second kappa shape index (κ2) is 6.20. The summed E-state index contributed by atoms with van der Waals surface area (Å²) in [5.74, 6) is -0.464. The number of phenolic OH excluding ortho intramolecular Hbond substituents is 2. The first-order valence-corrected chi connectivity index (χ1v) is 8.07. The van der Waals surface area contributed by atoms with E-state index in [0.717, 1.165) is 23.2 Å². The summed E-state index contributed by atoms with van der Waals surface area (Å²) in [6.07, 6.45) is 0.688. The van der Waals surface area contributed by atoms with Gasteiger partial charge in [0.25, 0.3) is 4.90 Å². The van der Waals surface area contributed by atoms with Gasteiger partial charge < -0.3 is 15.5 Å². The number of hydrogen-bond acceptors (Lipinski definition) is 4. The van der Waals surface area contributed by atoms with Gasteiger partial charge in [-0.2, -0.15) is 0 Å². The fraction of sp³-hybridized carbons (Fsp3) is 0.250. The van der Waals surface area contributed by atoms with Gasteiger partial charge in [-0.3, -0.25) is 0 Å². The van der Waals surface area contributed by atoms with Crippen molar-refractivity contribution in [2.24, 2.45) is 0 Å². The lowest BCUT2D eigenvalue weighted by Gasteiger charge is -2.19. The molecule has 0 radical (unpaired) electrons. The Balaban J connectivity index is 2.12. The highest BCUT2D eigenvalue weighted by Gasteiger charge is 2.25. The number of hydrogen-bond donors (Lipinski definition) is 3. The van der Waals surface area contributed by atoms with Gasteiger partial charge in [0.15, 0.2) is 11.5 Å². The molecule has 114 valence electrons. The van der Waals surface area contributed by atoms with E-state index in [2.05, 4.69) is 5.32 Å². The molecule has 0 amide bonds. The number of benzene rings is 2. The maximum atomic E-state index is 10.8. The molecule has 1 aliphatic rings. The minimum atomic E-state index is -0.265. The molecule has 2 aromatic rings. The van der Waals surface area contributed by atoms with Crippen LogP contribution in [0.5, 0.6) is 11.5 Å². The first-order valence-electron chi connectivity index (χ1n) is 6.95. The predicted octanol–water partition coefficient (Wildman–Crippen LogP) is 2.82. The third-order valence-corrected chi connectivity index (χ3v) is 4.88. The SMILES string of the molecule is O=[S+]c1ccc(C2CNCCc3c2cc(O)c(O)c3Cl)cc1. The first-order chi connectivity index (χ1) is 10.6. The van der Waals surface area contributed by atoms with Gasteiger partial charge in [0.05, 0.1) is 5.02 Å². The molecule has 0 bridgehead atoms. The molecule has 2 aromatic carbocycles. The maximum absolute atomic E-state index is 10.8. The van der Waals surface area contributed by atoms with E-state index in [9.17, 15) is 14.4 Å². The molecular weight excluding hydrogens is 322 g/mol. The molecule has 4 nitrogen and oxygen atoms in total. The minimum Gasteiger partial charge on any atom is -0.504 e. The molecule has 1 unspecified atom stereocenters. The Morgan fingerprint density at radius 3 is 2.64 bits per heavy atom. The van der Waals surface area contributed by atoms with Crippen molar-refractivity contribution in [1.29, 1.82) is 0 Å². The summed E-state index contributed by atoms with van der Waals surface area (Å²) in [6.45, 7) is 1.46. The number of rotatable bonds is 2. The molecule has 0 fully saturated rings. The molecular formula is C16H15ClNO3S+. The lowest BCUT2D eigenvalue weighted by Crippen LogP contribution is -2.20. The number of halogens is 1. The monoisotopic (exact) mass is 336 g/mol. The van der Waals surface area contributed by atoms with E-state index in [-0.39, 0.29) is 22.4 Å². The van der Waals surface area contributed by atoms with E-state index in [4.69, 9.17) is 11.6 Å². The molecule has 0 spiro atoms. The van der Waals surface area contributed by atoms with Crippen molar-refractivity contribution >= 4 is 23.3 Å².